The van der Waals surface area contributed by atoms with Crippen LogP contribution in [0.15, 0.2) is 0 Å². The van der Waals surface area contributed by atoms with Crippen molar-refractivity contribution in [3.8, 4) is 0 Å². The zero-order chi connectivity index (χ0) is 11.0. The number of amides is 1. The van der Waals surface area contributed by atoms with E-state index in [0.717, 1.165) is 13.1 Å². The third-order valence-corrected chi connectivity index (χ3v) is 2.59. The smallest absolute Gasteiger partial charge is 0.220 e. The SMILES string of the molecule is CC.CNC(=O)CC1CCN(C)CC1. The maximum atomic E-state index is 11.0. The lowest BCUT2D eigenvalue weighted by molar-refractivity contribution is -0.121. The molecule has 0 aromatic heterocycles. The first-order chi connectivity index (χ1) is 6.72. The van der Waals surface area contributed by atoms with E-state index in [0.29, 0.717) is 12.3 Å². The van der Waals surface area contributed by atoms with Crippen molar-refractivity contribution in [3.63, 3.8) is 0 Å². The van der Waals surface area contributed by atoms with E-state index in [4.69, 9.17) is 0 Å². The number of rotatable bonds is 2. The summed E-state index contributed by atoms with van der Waals surface area (Å²) in [5.41, 5.74) is 0. The minimum atomic E-state index is 0.185. The third kappa shape index (κ3) is 5.22. The molecule has 3 nitrogen and oxygen atoms in total. The number of hydrogen-bond acceptors (Lipinski definition) is 2. The summed E-state index contributed by atoms with van der Waals surface area (Å²) in [7, 11) is 3.84. The fourth-order valence-corrected chi connectivity index (χ4v) is 1.63. The van der Waals surface area contributed by atoms with Gasteiger partial charge in [-0.3, -0.25) is 4.79 Å². The molecule has 1 rings (SSSR count). The summed E-state index contributed by atoms with van der Waals surface area (Å²) in [6.07, 6.45) is 3.05. The van der Waals surface area contributed by atoms with E-state index in [1.54, 1.807) is 7.05 Å². The Bertz CT molecular complexity index is 151. The molecular weight excluding hydrogens is 176 g/mol. The Hall–Kier alpha value is -0.570. The third-order valence-electron chi connectivity index (χ3n) is 2.59. The highest BCUT2D eigenvalue weighted by atomic mass is 16.1. The molecule has 3 heteroatoms. The van der Waals surface area contributed by atoms with Crippen molar-refractivity contribution in [3.05, 3.63) is 0 Å². The van der Waals surface area contributed by atoms with Gasteiger partial charge in [-0.25, -0.2) is 0 Å². The molecular formula is C11H24N2O. The molecule has 1 aliphatic heterocycles. The van der Waals surface area contributed by atoms with Gasteiger partial charge in [0.2, 0.25) is 5.91 Å². The van der Waals surface area contributed by atoms with Gasteiger partial charge in [0, 0.05) is 13.5 Å². The number of carbonyl (C=O) groups excluding carboxylic acids is 1. The Balaban J connectivity index is 0.000000791. The number of likely N-dealkylation sites (tertiary alicyclic amines) is 1. The molecule has 84 valence electrons. The Morgan fingerprint density at radius 2 is 1.86 bits per heavy atom. The van der Waals surface area contributed by atoms with E-state index < -0.39 is 0 Å². The molecule has 1 N–H and O–H groups in total. The van der Waals surface area contributed by atoms with Crippen LogP contribution in [0.1, 0.15) is 33.1 Å². The summed E-state index contributed by atoms with van der Waals surface area (Å²) < 4.78 is 0. The highest BCUT2D eigenvalue weighted by molar-refractivity contribution is 5.75. The molecule has 0 bridgehead atoms. The van der Waals surface area contributed by atoms with Gasteiger partial charge in [0.05, 0.1) is 0 Å². The molecule has 1 fully saturated rings. The molecule has 0 unspecified atom stereocenters. The Morgan fingerprint density at radius 3 is 2.29 bits per heavy atom. The second kappa shape index (κ2) is 7.80. The van der Waals surface area contributed by atoms with Crippen molar-refractivity contribution in [2.75, 3.05) is 27.2 Å². The lowest BCUT2D eigenvalue weighted by Crippen LogP contribution is -2.32. The van der Waals surface area contributed by atoms with Crippen molar-refractivity contribution in [1.82, 2.24) is 10.2 Å². The van der Waals surface area contributed by atoms with Crippen LogP contribution in [0, 0.1) is 5.92 Å². The van der Waals surface area contributed by atoms with Gasteiger partial charge in [-0.2, -0.15) is 0 Å². The standard InChI is InChI=1S/C9H18N2O.C2H6/c1-10-9(12)7-8-3-5-11(2)6-4-8;1-2/h8H,3-7H2,1-2H3,(H,10,12);1-2H3. The van der Waals surface area contributed by atoms with Crippen LogP contribution in [0.4, 0.5) is 0 Å². The van der Waals surface area contributed by atoms with Gasteiger partial charge >= 0.3 is 0 Å². The molecule has 0 aliphatic carbocycles. The van der Waals surface area contributed by atoms with E-state index in [1.165, 1.54) is 12.8 Å². The lowest BCUT2D eigenvalue weighted by Gasteiger charge is -2.28. The molecule has 1 heterocycles. The van der Waals surface area contributed by atoms with Crippen molar-refractivity contribution >= 4 is 5.91 Å². The summed E-state index contributed by atoms with van der Waals surface area (Å²) >= 11 is 0. The monoisotopic (exact) mass is 200 g/mol. The van der Waals surface area contributed by atoms with E-state index in [2.05, 4.69) is 17.3 Å². The van der Waals surface area contributed by atoms with Crippen LogP contribution in [0.25, 0.3) is 0 Å². The Labute approximate surface area is 87.9 Å². The maximum absolute atomic E-state index is 11.0. The van der Waals surface area contributed by atoms with Gasteiger partial charge in [0.25, 0.3) is 0 Å². The molecule has 1 saturated heterocycles. The number of nitrogens with one attached hydrogen (secondary N) is 1. The first-order valence-corrected chi connectivity index (χ1v) is 5.61. The van der Waals surface area contributed by atoms with Crippen molar-refractivity contribution < 1.29 is 4.79 Å². The van der Waals surface area contributed by atoms with E-state index >= 15 is 0 Å². The van der Waals surface area contributed by atoms with Gasteiger partial charge < -0.3 is 10.2 Å². The number of nitrogens with zero attached hydrogens (tertiary/aromatic N) is 1. The topological polar surface area (TPSA) is 32.3 Å². The minimum Gasteiger partial charge on any atom is -0.359 e. The van der Waals surface area contributed by atoms with Crippen LogP contribution in [0.3, 0.4) is 0 Å². The van der Waals surface area contributed by atoms with Gasteiger partial charge in [-0.1, -0.05) is 13.8 Å². The Kier molecular flexibility index (Phi) is 7.48. The largest absolute Gasteiger partial charge is 0.359 e. The van der Waals surface area contributed by atoms with Crippen LogP contribution < -0.4 is 5.32 Å². The molecule has 1 aliphatic rings. The number of piperidine rings is 1. The van der Waals surface area contributed by atoms with Gasteiger partial charge in [-0.15, -0.1) is 0 Å². The average molecular weight is 200 g/mol. The lowest BCUT2D eigenvalue weighted by atomic mass is 9.93. The molecule has 0 aromatic carbocycles. The predicted octanol–water partition coefficient (Wildman–Crippen LogP) is 1.49. The van der Waals surface area contributed by atoms with E-state index in [9.17, 15) is 4.79 Å². The first-order valence-electron chi connectivity index (χ1n) is 5.61. The van der Waals surface area contributed by atoms with E-state index in [-0.39, 0.29) is 5.91 Å². The normalized spacial score (nSPS) is 18.3. The van der Waals surface area contributed by atoms with Crippen molar-refractivity contribution in [1.29, 1.82) is 0 Å². The summed E-state index contributed by atoms with van der Waals surface area (Å²) in [5, 5.41) is 2.67. The molecule has 0 aromatic rings. The summed E-state index contributed by atoms with van der Waals surface area (Å²) in [6, 6.07) is 0. The highest BCUT2D eigenvalue weighted by Gasteiger charge is 2.18. The second-order valence-electron chi connectivity index (χ2n) is 3.62. The Morgan fingerprint density at radius 1 is 1.36 bits per heavy atom. The average Bonchev–Trinajstić information content (AvgIpc) is 2.24. The van der Waals surface area contributed by atoms with Crippen LogP contribution in [-0.2, 0) is 4.79 Å². The highest BCUT2D eigenvalue weighted by Crippen LogP contribution is 2.18. The quantitative estimate of drug-likeness (QED) is 0.732. The molecule has 1 amide bonds. The van der Waals surface area contributed by atoms with Gasteiger partial charge in [0.15, 0.2) is 0 Å². The summed E-state index contributed by atoms with van der Waals surface area (Å²) in [5.74, 6) is 0.797. The van der Waals surface area contributed by atoms with Crippen molar-refractivity contribution in [2.24, 2.45) is 5.92 Å². The second-order valence-corrected chi connectivity index (χ2v) is 3.62. The number of hydrogen-bond donors (Lipinski definition) is 1. The zero-order valence-electron chi connectivity index (χ0n) is 9.97. The summed E-state index contributed by atoms with van der Waals surface area (Å²) in [4.78, 5) is 13.4. The van der Waals surface area contributed by atoms with E-state index in [1.807, 2.05) is 13.8 Å². The van der Waals surface area contributed by atoms with Crippen LogP contribution in [0.2, 0.25) is 0 Å². The zero-order valence-corrected chi connectivity index (χ0v) is 9.97. The molecule has 0 radical (unpaired) electrons. The predicted molar refractivity (Wildman–Crippen MR) is 60.3 cm³/mol. The van der Waals surface area contributed by atoms with Crippen LogP contribution in [0.5, 0.6) is 0 Å². The fourth-order valence-electron chi connectivity index (χ4n) is 1.63. The molecule has 0 spiro atoms. The minimum absolute atomic E-state index is 0.185. The van der Waals surface area contributed by atoms with Crippen LogP contribution in [-0.4, -0.2) is 38.0 Å². The van der Waals surface area contributed by atoms with Crippen molar-refractivity contribution in [2.45, 2.75) is 33.1 Å². The number of carbonyl (C=O) groups is 1. The van der Waals surface area contributed by atoms with Gasteiger partial charge in [0.1, 0.15) is 0 Å². The molecule has 0 saturated carbocycles. The fraction of sp³-hybridized carbons (Fsp3) is 0.909. The van der Waals surface area contributed by atoms with Crippen LogP contribution >= 0.6 is 0 Å². The van der Waals surface area contributed by atoms with Gasteiger partial charge in [-0.05, 0) is 38.9 Å². The molecule has 0 atom stereocenters. The summed E-state index contributed by atoms with van der Waals surface area (Å²) in [6.45, 7) is 6.28. The molecule has 14 heavy (non-hydrogen) atoms. The maximum Gasteiger partial charge on any atom is 0.220 e. The first kappa shape index (κ1) is 13.4.